The Bertz CT molecular complexity index is 581. The monoisotopic (exact) mass is 287 g/mol. The highest BCUT2D eigenvalue weighted by molar-refractivity contribution is 6.32. The Balaban J connectivity index is 1.89. The van der Waals surface area contributed by atoms with E-state index in [9.17, 15) is 0 Å². The summed E-state index contributed by atoms with van der Waals surface area (Å²) in [5.74, 6) is 1.42. The number of hydrogen-bond acceptors (Lipinski definition) is 2. The first kappa shape index (κ1) is 13.5. The van der Waals surface area contributed by atoms with E-state index in [1.165, 1.54) is 12.8 Å². The number of rotatable bonds is 5. The van der Waals surface area contributed by atoms with Crippen molar-refractivity contribution in [1.29, 1.82) is 0 Å². The maximum absolute atomic E-state index is 6.37. The number of benzene rings is 2. The summed E-state index contributed by atoms with van der Waals surface area (Å²) in [5, 5.41) is 0.634. The van der Waals surface area contributed by atoms with Gasteiger partial charge in [0, 0.05) is 5.56 Å². The fraction of sp³-hybridized carbons (Fsp3) is 0.294. The van der Waals surface area contributed by atoms with Crippen molar-refractivity contribution in [1.82, 2.24) is 0 Å². The van der Waals surface area contributed by atoms with Crippen LogP contribution in [-0.2, 0) is 0 Å². The van der Waals surface area contributed by atoms with Gasteiger partial charge in [0.2, 0.25) is 0 Å². The van der Waals surface area contributed by atoms with Crippen molar-refractivity contribution < 1.29 is 4.74 Å². The van der Waals surface area contributed by atoms with Gasteiger partial charge in [-0.25, -0.2) is 0 Å². The lowest BCUT2D eigenvalue weighted by Crippen LogP contribution is -2.14. The number of para-hydroxylation sites is 1. The van der Waals surface area contributed by atoms with Gasteiger partial charge >= 0.3 is 0 Å². The van der Waals surface area contributed by atoms with Crippen LogP contribution < -0.4 is 10.5 Å². The number of nitrogens with two attached hydrogens (primary N) is 1. The minimum Gasteiger partial charge on any atom is -0.491 e. The molecule has 2 aromatic carbocycles. The largest absolute Gasteiger partial charge is 0.491 e. The molecular weight excluding hydrogens is 270 g/mol. The molecule has 0 spiro atoms. The first-order valence-electron chi connectivity index (χ1n) is 6.97. The van der Waals surface area contributed by atoms with Crippen LogP contribution in [-0.4, -0.2) is 6.61 Å². The van der Waals surface area contributed by atoms with Crippen LogP contribution in [0, 0.1) is 5.92 Å². The SMILES string of the molecule is NC(c1ccccc1)c1cccc(Cl)c1OCC1CC1. The Kier molecular flexibility index (Phi) is 3.95. The lowest BCUT2D eigenvalue weighted by Gasteiger charge is -2.18. The molecule has 1 aliphatic carbocycles. The molecule has 104 valence electrons. The van der Waals surface area contributed by atoms with Gasteiger partial charge in [0.1, 0.15) is 5.75 Å². The predicted octanol–water partition coefficient (Wildman–Crippen LogP) is 4.18. The summed E-state index contributed by atoms with van der Waals surface area (Å²) in [6, 6.07) is 15.6. The van der Waals surface area contributed by atoms with E-state index in [0.29, 0.717) is 10.9 Å². The van der Waals surface area contributed by atoms with Crippen LogP contribution in [0.3, 0.4) is 0 Å². The molecule has 0 saturated heterocycles. The quantitative estimate of drug-likeness (QED) is 0.895. The summed E-state index contributed by atoms with van der Waals surface area (Å²) in [5.41, 5.74) is 8.38. The second-order valence-corrected chi connectivity index (χ2v) is 5.71. The van der Waals surface area contributed by atoms with Gasteiger partial charge in [-0.3, -0.25) is 0 Å². The van der Waals surface area contributed by atoms with Crippen molar-refractivity contribution in [3.8, 4) is 5.75 Å². The molecule has 0 amide bonds. The van der Waals surface area contributed by atoms with Gasteiger partial charge in [-0.05, 0) is 30.4 Å². The zero-order valence-electron chi connectivity index (χ0n) is 11.3. The average molecular weight is 288 g/mol. The molecule has 0 aromatic heterocycles. The fourth-order valence-corrected chi connectivity index (χ4v) is 2.48. The summed E-state index contributed by atoms with van der Waals surface area (Å²) in [7, 11) is 0. The average Bonchev–Trinajstić information content (AvgIpc) is 3.30. The van der Waals surface area contributed by atoms with Crippen molar-refractivity contribution >= 4 is 11.6 Å². The van der Waals surface area contributed by atoms with Crippen molar-refractivity contribution in [2.24, 2.45) is 11.7 Å². The zero-order valence-corrected chi connectivity index (χ0v) is 12.0. The van der Waals surface area contributed by atoms with E-state index in [-0.39, 0.29) is 6.04 Å². The van der Waals surface area contributed by atoms with E-state index >= 15 is 0 Å². The lowest BCUT2D eigenvalue weighted by atomic mass is 9.99. The molecule has 0 heterocycles. The zero-order chi connectivity index (χ0) is 13.9. The molecule has 0 aliphatic heterocycles. The van der Waals surface area contributed by atoms with Crippen molar-refractivity contribution in [2.45, 2.75) is 18.9 Å². The molecule has 2 N–H and O–H groups in total. The molecule has 20 heavy (non-hydrogen) atoms. The van der Waals surface area contributed by atoms with Crippen LogP contribution in [0.1, 0.15) is 30.0 Å². The van der Waals surface area contributed by atoms with Crippen LogP contribution in [0.2, 0.25) is 5.02 Å². The Hall–Kier alpha value is -1.51. The maximum Gasteiger partial charge on any atom is 0.142 e. The minimum atomic E-state index is -0.218. The molecule has 1 fully saturated rings. The van der Waals surface area contributed by atoms with E-state index in [1.54, 1.807) is 0 Å². The number of hydrogen-bond donors (Lipinski definition) is 1. The summed E-state index contributed by atoms with van der Waals surface area (Å²) < 4.78 is 5.92. The van der Waals surface area contributed by atoms with Gasteiger partial charge in [0.05, 0.1) is 17.7 Å². The van der Waals surface area contributed by atoms with E-state index in [1.807, 2.05) is 48.5 Å². The number of ether oxygens (including phenoxy) is 1. The van der Waals surface area contributed by atoms with Crippen molar-refractivity contribution in [2.75, 3.05) is 6.61 Å². The highest BCUT2D eigenvalue weighted by Crippen LogP contribution is 2.37. The van der Waals surface area contributed by atoms with Gasteiger partial charge < -0.3 is 10.5 Å². The minimum absolute atomic E-state index is 0.218. The first-order valence-corrected chi connectivity index (χ1v) is 7.35. The molecule has 2 aromatic rings. The van der Waals surface area contributed by atoms with Gasteiger partial charge in [-0.15, -0.1) is 0 Å². The third kappa shape index (κ3) is 2.97. The molecule has 1 aliphatic rings. The van der Waals surface area contributed by atoms with Crippen LogP contribution >= 0.6 is 11.6 Å². The molecule has 3 heteroatoms. The van der Waals surface area contributed by atoms with Crippen molar-refractivity contribution in [3.63, 3.8) is 0 Å². The molecule has 2 nitrogen and oxygen atoms in total. The summed E-state index contributed by atoms with van der Waals surface area (Å²) in [4.78, 5) is 0. The van der Waals surface area contributed by atoms with Crippen LogP contribution in [0.15, 0.2) is 48.5 Å². The Morgan fingerprint density at radius 1 is 1.10 bits per heavy atom. The molecule has 0 radical (unpaired) electrons. The van der Waals surface area contributed by atoms with Gasteiger partial charge in [-0.2, -0.15) is 0 Å². The highest BCUT2D eigenvalue weighted by atomic mass is 35.5. The Morgan fingerprint density at radius 2 is 1.85 bits per heavy atom. The molecular formula is C17H18ClNO. The van der Waals surface area contributed by atoms with E-state index in [2.05, 4.69) is 0 Å². The van der Waals surface area contributed by atoms with E-state index in [0.717, 1.165) is 23.5 Å². The van der Waals surface area contributed by atoms with E-state index in [4.69, 9.17) is 22.1 Å². The smallest absolute Gasteiger partial charge is 0.142 e. The third-order valence-corrected chi connectivity index (χ3v) is 3.95. The fourth-order valence-electron chi connectivity index (χ4n) is 2.25. The van der Waals surface area contributed by atoms with Gasteiger partial charge in [0.15, 0.2) is 0 Å². The number of halogens is 1. The predicted molar refractivity (Wildman–Crippen MR) is 82.1 cm³/mol. The van der Waals surface area contributed by atoms with Gasteiger partial charge in [-0.1, -0.05) is 54.1 Å². The van der Waals surface area contributed by atoms with Crippen LogP contribution in [0.25, 0.3) is 0 Å². The highest BCUT2D eigenvalue weighted by Gasteiger charge is 2.24. The first-order chi connectivity index (χ1) is 9.75. The summed E-state index contributed by atoms with van der Waals surface area (Å²) in [6.07, 6.45) is 2.51. The second-order valence-electron chi connectivity index (χ2n) is 5.30. The maximum atomic E-state index is 6.37. The van der Waals surface area contributed by atoms with Crippen LogP contribution in [0.5, 0.6) is 5.75 Å². The molecule has 1 saturated carbocycles. The molecule has 3 rings (SSSR count). The standard InChI is InChI=1S/C17H18ClNO/c18-15-8-4-7-14(17(15)20-11-12-9-10-12)16(19)13-5-2-1-3-6-13/h1-8,12,16H,9-11,19H2. The topological polar surface area (TPSA) is 35.2 Å². The second kappa shape index (κ2) is 5.86. The lowest BCUT2D eigenvalue weighted by molar-refractivity contribution is 0.296. The molecule has 1 unspecified atom stereocenters. The van der Waals surface area contributed by atoms with Crippen molar-refractivity contribution in [3.05, 3.63) is 64.7 Å². The summed E-state index contributed by atoms with van der Waals surface area (Å²) >= 11 is 6.28. The summed E-state index contributed by atoms with van der Waals surface area (Å²) in [6.45, 7) is 0.734. The Morgan fingerprint density at radius 3 is 2.55 bits per heavy atom. The normalized spacial score (nSPS) is 15.9. The Labute approximate surface area is 124 Å². The molecule has 1 atom stereocenters. The van der Waals surface area contributed by atoms with Gasteiger partial charge in [0.25, 0.3) is 0 Å². The van der Waals surface area contributed by atoms with E-state index < -0.39 is 0 Å². The molecule has 0 bridgehead atoms. The van der Waals surface area contributed by atoms with Crippen LogP contribution in [0.4, 0.5) is 0 Å². The third-order valence-electron chi connectivity index (χ3n) is 3.65.